The van der Waals surface area contributed by atoms with Gasteiger partial charge in [-0.1, -0.05) is 15.9 Å². The molecule has 2 N–H and O–H groups in total. The van der Waals surface area contributed by atoms with Crippen molar-refractivity contribution < 1.29 is 14.6 Å². The van der Waals surface area contributed by atoms with Gasteiger partial charge in [-0.3, -0.25) is 4.79 Å². The number of carbonyl (C=O) groups excluding carboxylic acids is 1. The van der Waals surface area contributed by atoms with Crippen LogP contribution in [0.5, 0.6) is 5.75 Å². The normalized spacial score (nSPS) is 12.2. The van der Waals surface area contributed by atoms with Crippen molar-refractivity contribution in [3.63, 3.8) is 0 Å². The van der Waals surface area contributed by atoms with E-state index >= 15 is 0 Å². The minimum absolute atomic E-state index is 0.0545. The lowest BCUT2D eigenvalue weighted by Crippen LogP contribution is -2.27. The molecule has 100 valence electrons. The van der Waals surface area contributed by atoms with Crippen molar-refractivity contribution >= 4 is 33.4 Å². The number of aromatic hydroxyl groups is 1. The molecule has 18 heavy (non-hydrogen) atoms. The predicted molar refractivity (Wildman–Crippen MR) is 74.3 cm³/mol. The zero-order valence-corrected chi connectivity index (χ0v) is 12.3. The van der Waals surface area contributed by atoms with Crippen LogP contribution in [0.15, 0.2) is 22.7 Å². The van der Waals surface area contributed by atoms with E-state index in [4.69, 9.17) is 16.3 Å². The van der Waals surface area contributed by atoms with E-state index in [1.165, 1.54) is 6.07 Å². The molecule has 1 unspecified atom stereocenters. The molecule has 0 aromatic heterocycles. The zero-order chi connectivity index (χ0) is 13.5. The Morgan fingerprint density at radius 2 is 2.33 bits per heavy atom. The van der Waals surface area contributed by atoms with Crippen molar-refractivity contribution in [2.45, 2.75) is 11.8 Å². The maximum Gasteiger partial charge on any atom is 0.255 e. The van der Waals surface area contributed by atoms with Gasteiger partial charge >= 0.3 is 0 Å². The quantitative estimate of drug-likeness (QED) is 0.785. The molecule has 0 spiro atoms. The third-order valence-electron chi connectivity index (χ3n) is 2.30. The lowest BCUT2D eigenvalue weighted by Gasteiger charge is -2.10. The van der Waals surface area contributed by atoms with Crippen molar-refractivity contribution in [1.82, 2.24) is 5.32 Å². The number of phenols is 1. The van der Waals surface area contributed by atoms with E-state index in [9.17, 15) is 9.90 Å². The van der Waals surface area contributed by atoms with Crippen LogP contribution in [0, 0.1) is 0 Å². The van der Waals surface area contributed by atoms with E-state index in [2.05, 4.69) is 21.2 Å². The molecule has 1 aromatic rings. The van der Waals surface area contributed by atoms with Crippen molar-refractivity contribution in [1.29, 1.82) is 0 Å². The lowest BCUT2D eigenvalue weighted by molar-refractivity contribution is 0.0949. The average molecular weight is 337 g/mol. The van der Waals surface area contributed by atoms with Gasteiger partial charge in [0, 0.05) is 18.1 Å². The molecule has 0 fully saturated rings. The first-order valence-corrected chi connectivity index (χ1v) is 6.67. The van der Waals surface area contributed by atoms with Gasteiger partial charge in [0.05, 0.1) is 17.5 Å². The number of nitrogens with one attached hydrogen (secondary N) is 1. The number of rotatable bonds is 6. The lowest BCUT2D eigenvalue weighted by atomic mass is 10.2. The number of ether oxygens (including phenoxy) is 1. The van der Waals surface area contributed by atoms with Gasteiger partial charge in [-0.15, -0.1) is 11.6 Å². The number of methoxy groups -OCH3 is 1. The van der Waals surface area contributed by atoms with Gasteiger partial charge in [0.2, 0.25) is 0 Å². The fourth-order valence-corrected chi connectivity index (χ4v) is 1.98. The number of hydrogen-bond acceptors (Lipinski definition) is 3. The van der Waals surface area contributed by atoms with Crippen LogP contribution in [0.2, 0.25) is 0 Å². The van der Waals surface area contributed by atoms with E-state index < -0.39 is 0 Å². The summed E-state index contributed by atoms with van der Waals surface area (Å²) in [7, 11) is 1.58. The minimum Gasteiger partial charge on any atom is -0.507 e. The van der Waals surface area contributed by atoms with Gasteiger partial charge in [-0.05, 0) is 24.6 Å². The number of amides is 1. The summed E-state index contributed by atoms with van der Waals surface area (Å²) in [6.45, 7) is 0.882. The first-order chi connectivity index (χ1) is 8.54. The summed E-state index contributed by atoms with van der Waals surface area (Å²) in [5, 5.41) is 12.2. The maximum absolute atomic E-state index is 11.8. The second-order valence-electron chi connectivity index (χ2n) is 3.76. The molecule has 1 atom stereocenters. The fraction of sp³-hybridized carbons (Fsp3) is 0.417. The van der Waals surface area contributed by atoms with Crippen LogP contribution >= 0.6 is 27.5 Å². The van der Waals surface area contributed by atoms with Crippen molar-refractivity contribution in [3.8, 4) is 5.75 Å². The molecule has 1 amide bonds. The Hall–Kier alpha value is -0.780. The molecular weight excluding hydrogens is 321 g/mol. The van der Waals surface area contributed by atoms with Gasteiger partial charge in [-0.2, -0.15) is 0 Å². The highest BCUT2D eigenvalue weighted by Crippen LogP contribution is 2.22. The van der Waals surface area contributed by atoms with E-state index in [0.717, 1.165) is 4.47 Å². The molecule has 0 bridgehead atoms. The summed E-state index contributed by atoms with van der Waals surface area (Å²) in [4.78, 5) is 11.8. The largest absolute Gasteiger partial charge is 0.507 e. The molecule has 0 aliphatic heterocycles. The van der Waals surface area contributed by atoms with Crippen molar-refractivity contribution in [3.05, 3.63) is 28.2 Å². The molecule has 0 aliphatic rings. The van der Waals surface area contributed by atoms with E-state index in [1.807, 2.05) is 0 Å². The second-order valence-corrected chi connectivity index (χ2v) is 5.29. The van der Waals surface area contributed by atoms with E-state index in [-0.39, 0.29) is 22.6 Å². The number of phenolic OH excluding ortho intramolecular Hbond substituents is 1. The molecule has 0 saturated heterocycles. The number of hydrogen-bond donors (Lipinski definition) is 2. The standard InChI is InChI=1S/C12H15BrClNO3/c1-18-7-9(14)4-5-15-12(17)10-3-2-8(13)6-11(10)16/h2-3,6,9,16H,4-5,7H2,1H3,(H,15,17). The highest BCUT2D eigenvalue weighted by molar-refractivity contribution is 9.10. The first kappa shape index (κ1) is 15.3. The summed E-state index contributed by atoms with van der Waals surface area (Å²) in [5.74, 6) is -0.373. The summed E-state index contributed by atoms with van der Waals surface area (Å²) in [6, 6.07) is 4.73. The van der Waals surface area contributed by atoms with Crippen LogP contribution in [-0.2, 0) is 4.74 Å². The topological polar surface area (TPSA) is 58.6 Å². The summed E-state index contributed by atoms with van der Waals surface area (Å²) >= 11 is 9.14. The Morgan fingerprint density at radius 1 is 1.61 bits per heavy atom. The predicted octanol–water partition coefficient (Wildman–Crippen LogP) is 2.53. The number of alkyl halides is 1. The molecule has 1 aromatic carbocycles. The minimum atomic E-state index is -0.318. The van der Waals surface area contributed by atoms with Crippen LogP contribution < -0.4 is 5.32 Å². The van der Waals surface area contributed by atoms with E-state index in [0.29, 0.717) is 19.6 Å². The Bertz CT molecular complexity index is 414. The van der Waals surface area contributed by atoms with Gasteiger partial charge in [0.1, 0.15) is 5.75 Å². The van der Waals surface area contributed by atoms with Crippen LogP contribution in [0.3, 0.4) is 0 Å². The number of benzene rings is 1. The Balaban J connectivity index is 2.45. The molecule has 0 saturated carbocycles. The van der Waals surface area contributed by atoms with Gasteiger partial charge < -0.3 is 15.2 Å². The van der Waals surface area contributed by atoms with Gasteiger partial charge in [-0.25, -0.2) is 0 Å². The van der Waals surface area contributed by atoms with Crippen LogP contribution in [-0.4, -0.2) is 36.7 Å². The molecule has 0 heterocycles. The Morgan fingerprint density at radius 3 is 2.94 bits per heavy atom. The van der Waals surface area contributed by atoms with Gasteiger partial charge in [0.25, 0.3) is 5.91 Å². The highest BCUT2D eigenvalue weighted by atomic mass is 79.9. The summed E-state index contributed by atoms with van der Waals surface area (Å²) < 4.78 is 5.61. The van der Waals surface area contributed by atoms with Crippen LogP contribution in [0.25, 0.3) is 0 Å². The Kier molecular flexibility index (Phi) is 6.46. The average Bonchev–Trinajstić information content (AvgIpc) is 2.29. The van der Waals surface area contributed by atoms with Crippen molar-refractivity contribution in [2.24, 2.45) is 0 Å². The fourth-order valence-electron chi connectivity index (χ4n) is 1.40. The third-order valence-corrected chi connectivity index (χ3v) is 3.13. The SMILES string of the molecule is COCC(Cl)CCNC(=O)c1ccc(Br)cc1O. The third kappa shape index (κ3) is 4.84. The smallest absolute Gasteiger partial charge is 0.255 e. The molecular formula is C12H15BrClNO3. The van der Waals surface area contributed by atoms with Crippen molar-refractivity contribution in [2.75, 3.05) is 20.3 Å². The molecule has 0 radical (unpaired) electrons. The molecule has 0 aliphatic carbocycles. The van der Waals surface area contributed by atoms with Crippen LogP contribution in [0.1, 0.15) is 16.8 Å². The van der Waals surface area contributed by atoms with Crippen LogP contribution in [0.4, 0.5) is 0 Å². The molecule has 6 heteroatoms. The summed E-state index contributed by atoms with van der Waals surface area (Å²) in [5.41, 5.74) is 0.246. The second kappa shape index (κ2) is 7.61. The summed E-state index contributed by atoms with van der Waals surface area (Å²) in [6.07, 6.45) is 0.610. The number of carbonyl (C=O) groups is 1. The van der Waals surface area contributed by atoms with Gasteiger partial charge in [0.15, 0.2) is 0 Å². The molecule has 4 nitrogen and oxygen atoms in total. The monoisotopic (exact) mass is 335 g/mol. The van der Waals surface area contributed by atoms with E-state index in [1.54, 1.807) is 19.2 Å². The zero-order valence-electron chi connectivity index (χ0n) is 9.95. The highest BCUT2D eigenvalue weighted by Gasteiger charge is 2.11. The molecule has 1 rings (SSSR count). The maximum atomic E-state index is 11.8. The Labute approximate surface area is 119 Å². The number of halogens is 2. The first-order valence-electron chi connectivity index (χ1n) is 5.44.